The Hall–Kier alpha value is -2.22. The van der Waals surface area contributed by atoms with Crippen molar-refractivity contribution in [3.63, 3.8) is 0 Å². The number of benzene rings is 1. The molecule has 0 saturated carbocycles. The molecule has 1 spiro atoms. The van der Waals surface area contributed by atoms with Gasteiger partial charge in [-0.2, -0.15) is 11.8 Å². The standard InChI is InChI=1S/C20H25N3O4S/c1-14-2-3-16-15(12-14)19(26)21-20(27-16)5-4-17(24)23(7-6-20)13-18(25)22-8-10-28-11-9-22/h2-3,12H,4-11,13H2,1H3,(H,21,26)/t20-/m0/s1. The Labute approximate surface area is 168 Å². The molecule has 150 valence electrons. The second-order valence-electron chi connectivity index (χ2n) is 7.61. The van der Waals surface area contributed by atoms with Crippen LogP contribution in [0.15, 0.2) is 18.2 Å². The smallest absolute Gasteiger partial charge is 0.258 e. The highest BCUT2D eigenvalue weighted by Gasteiger charge is 2.43. The molecule has 7 nitrogen and oxygen atoms in total. The first-order valence-electron chi connectivity index (χ1n) is 9.71. The number of carbonyl (C=O) groups is 3. The van der Waals surface area contributed by atoms with Crippen molar-refractivity contribution in [3.8, 4) is 5.75 Å². The number of rotatable bonds is 2. The average molecular weight is 404 g/mol. The van der Waals surface area contributed by atoms with Crippen molar-refractivity contribution < 1.29 is 19.1 Å². The summed E-state index contributed by atoms with van der Waals surface area (Å²) in [6.45, 7) is 3.89. The first kappa shape index (κ1) is 19.1. The fraction of sp³-hybridized carbons (Fsp3) is 0.550. The van der Waals surface area contributed by atoms with Gasteiger partial charge in [0.25, 0.3) is 5.91 Å². The van der Waals surface area contributed by atoms with Crippen LogP contribution in [-0.2, 0) is 9.59 Å². The summed E-state index contributed by atoms with van der Waals surface area (Å²) in [5, 5.41) is 2.97. The van der Waals surface area contributed by atoms with Gasteiger partial charge in [0.1, 0.15) is 5.75 Å². The minimum Gasteiger partial charge on any atom is -0.467 e. The minimum absolute atomic E-state index is 0.000908. The van der Waals surface area contributed by atoms with E-state index in [1.54, 1.807) is 11.0 Å². The van der Waals surface area contributed by atoms with Crippen LogP contribution in [0.25, 0.3) is 0 Å². The summed E-state index contributed by atoms with van der Waals surface area (Å²) in [5.74, 6) is 2.20. The maximum atomic E-state index is 12.6. The number of amides is 3. The monoisotopic (exact) mass is 403 g/mol. The molecule has 1 aromatic carbocycles. The summed E-state index contributed by atoms with van der Waals surface area (Å²) in [5.41, 5.74) is 0.621. The van der Waals surface area contributed by atoms with Crippen molar-refractivity contribution in [1.29, 1.82) is 0 Å². The predicted octanol–water partition coefficient (Wildman–Crippen LogP) is 1.40. The fourth-order valence-electron chi connectivity index (χ4n) is 3.92. The van der Waals surface area contributed by atoms with Crippen LogP contribution in [0.3, 0.4) is 0 Å². The van der Waals surface area contributed by atoms with E-state index in [1.165, 1.54) is 0 Å². The summed E-state index contributed by atoms with van der Waals surface area (Å²) >= 11 is 1.84. The molecule has 8 heteroatoms. The van der Waals surface area contributed by atoms with Crippen LogP contribution in [0.1, 0.15) is 35.2 Å². The summed E-state index contributed by atoms with van der Waals surface area (Å²) in [6.07, 6.45) is 1.10. The number of likely N-dealkylation sites (tertiary alicyclic amines) is 1. The minimum atomic E-state index is -0.894. The average Bonchev–Trinajstić information content (AvgIpc) is 2.84. The van der Waals surface area contributed by atoms with Gasteiger partial charge in [0.2, 0.25) is 11.8 Å². The van der Waals surface area contributed by atoms with Gasteiger partial charge in [0.15, 0.2) is 5.72 Å². The van der Waals surface area contributed by atoms with Gasteiger partial charge in [-0.3, -0.25) is 14.4 Å². The number of fused-ring (bicyclic) bond motifs is 1. The molecule has 0 radical (unpaired) electrons. The zero-order valence-corrected chi connectivity index (χ0v) is 16.8. The maximum Gasteiger partial charge on any atom is 0.258 e. The van der Waals surface area contributed by atoms with E-state index in [4.69, 9.17) is 4.74 Å². The van der Waals surface area contributed by atoms with Gasteiger partial charge in [-0.15, -0.1) is 0 Å². The highest BCUT2D eigenvalue weighted by molar-refractivity contribution is 7.99. The lowest BCUT2D eigenvalue weighted by Gasteiger charge is -2.38. The lowest BCUT2D eigenvalue weighted by atomic mass is 9.99. The van der Waals surface area contributed by atoms with Gasteiger partial charge < -0.3 is 19.9 Å². The van der Waals surface area contributed by atoms with Crippen LogP contribution < -0.4 is 10.1 Å². The van der Waals surface area contributed by atoms with Crippen LogP contribution in [0, 0.1) is 6.92 Å². The number of hydrogen-bond acceptors (Lipinski definition) is 5. The number of aryl methyl sites for hydroxylation is 1. The molecule has 3 aliphatic heterocycles. The Morgan fingerprint density at radius 2 is 2.00 bits per heavy atom. The molecule has 1 atom stereocenters. The van der Waals surface area contributed by atoms with Crippen molar-refractivity contribution >= 4 is 29.5 Å². The zero-order valence-electron chi connectivity index (χ0n) is 16.0. The summed E-state index contributed by atoms with van der Waals surface area (Å²) in [4.78, 5) is 41.2. The number of ether oxygens (including phenoxy) is 1. The van der Waals surface area contributed by atoms with Crippen LogP contribution in [0.2, 0.25) is 0 Å². The molecule has 1 N–H and O–H groups in total. The second-order valence-corrected chi connectivity index (χ2v) is 8.83. The number of thioether (sulfide) groups is 1. The van der Waals surface area contributed by atoms with E-state index < -0.39 is 5.72 Å². The molecule has 28 heavy (non-hydrogen) atoms. The van der Waals surface area contributed by atoms with E-state index in [1.807, 2.05) is 35.7 Å². The third-order valence-electron chi connectivity index (χ3n) is 5.60. The van der Waals surface area contributed by atoms with Gasteiger partial charge >= 0.3 is 0 Å². The number of carbonyl (C=O) groups excluding carboxylic acids is 3. The van der Waals surface area contributed by atoms with Gasteiger partial charge in [-0.25, -0.2) is 0 Å². The summed E-state index contributed by atoms with van der Waals surface area (Å²) < 4.78 is 6.17. The van der Waals surface area contributed by atoms with Crippen molar-refractivity contribution in [2.75, 3.05) is 37.7 Å². The molecule has 0 unspecified atom stereocenters. The molecule has 2 fully saturated rings. The lowest BCUT2D eigenvalue weighted by Crippen LogP contribution is -2.56. The maximum absolute atomic E-state index is 12.6. The molecule has 3 aliphatic rings. The molecule has 0 aromatic heterocycles. The quantitative estimate of drug-likeness (QED) is 0.808. The Morgan fingerprint density at radius 3 is 2.79 bits per heavy atom. The van der Waals surface area contributed by atoms with Gasteiger partial charge in [0, 0.05) is 50.4 Å². The molecule has 2 saturated heterocycles. The van der Waals surface area contributed by atoms with E-state index in [9.17, 15) is 14.4 Å². The van der Waals surface area contributed by atoms with E-state index in [0.717, 1.165) is 30.2 Å². The Bertz CT molecular complexity index is 809. The van der Waals surface area contributed by atoms with E-state index in [2.05, 4.69) is 5.32 Å². The zero-order chi connectivity index (χ0) is 19.7. The molecule has 0 aliphatic carbocycles. The van der Waals surface area contributed by atoms with Crippen molar-refractivity contribution in [3.05, 3.63) is 29.3 Å². The fourth-order valence-corrected chi connectivity index (χ4v) is 4.83. The molecular weight excluding hydrogens is 378 g/mol. The Kier molecular flexibility index (Phi) is 5.23. The third-order valence-corrected chi connectivity index (χ3v) is 6.54. The van der Waals surface area contributed by atoms with Gasteiger partial charge in [-0.05, 0) is 19.1 Å². The lowest BCUT2D eigenvalue weighted by molar-refractivity contribution is -0.140. The van der Waals surface area contributed by atoms with Crippen LogP contribution >= 0.6 is 11.8 Å². The second kappa shape index (κ2) is 7.66. The van der Waals surface area contributed by atoms with E-state index in [-0.39, 0.29) is 30.7 Å². The van der Waals surface area contributed by atoms with Crippen molar-refractivity contribution in [2.45, 2.75) is 31.9 Å². The Balaban J connectivity index is 1.45. The molecule has 4 rings (SSSR count). The van der Waals surface area contributed by atoms with Crippen LogP contribution in [-0.4, -0.2) is 70.9 Å². The SMILES string of the molecule is Cc1ccc2c(c1)C(=O)N[C@@]1(CCC(=O)N(CC(=O)N3CCSCC3)CC1)O2. The highest BCUT2D eigenvalue weighted by atomic mass is 32.2. The van der Waals surface area contributed by atoms with Crippen LogP contribution in [0.5, 0.6) is 5.75 Å². The highest BCUT2D eigenvalue weighted by Crippen LogP contribution is 2.34. The van der Waals surface area contributed by atoms with Crippen molar-refractivity contribution in [2.24, 2.45) is 0 Å². The first-order valence-corrected chi connectivity index (χ1v) is 10.9. The first-order chi connectivity index (χ1) is 13.5. The van der Waals surface area contributed by atoms with Crippen molar-refractivity contribution in [1.82, 2.24) is 15.1 Å². The molecule has 1 aromatic rings. The number of hydrogen-bond donors (Lipinski definition) is 1. The molecule has 3 heterocycles. The third kappa shape index (κ3) is 3.83. The molecule has 3 amide bonds. The van der Waals surface area contributed by atoms with E-state index in [0.29, 0.717) is 30.7 Å². The largest absolute Gasteiger partial charge is 0.467 e. The topological polar surface area (TPSA) is 79.0 Å². The molecular formula is C20H25N3O4S. The Morgan fingerprint density at radius 1 is 1.21 bits per heavy atom. The predicted molar refractivity (Wildman–Crippen MR) is 106 cm³/mol. The number of nitrogens with one attached hydrogen (secondary N) is 1. The number of nitrogens with zero attached hydrogens (tertiary/aromatic N) is 2. The summed E-state index contributed by atoms with van der Waals surface area (Å²) in [7, 11) is 0. The summed E-state index contributed by atoms with van der Waals surface area (Å²) in [6, 6.07) is 5.53. The normalized spacial score (nSPS) is 25.0. The van der Waals surface area contributed by atoms with Gasteiger partial charge in [0.05, 0.1) is 12.1 Å². The van der Waals surface area contributed by atoms with Crippen LogP contribution in [0.4, 0.5) is 0 Å². The van der Waals surface area contributed by atoms with Gasteiger partial charge in [-0.1, -0.05) is 11.6 Å². The van der Waals surface area contributed by atoms with E-state index >= 15 is 0 Å². The molecule has 0 bridgehead atoms.